The summed E-state index contributed by atoms with van der Waals surface area (Å²) in [5.74, 6) is 0.0238. The Hall–Kier alpha value is -1.63. The summed E-state index contributed by atoms with van der Waals surface area (Å²) in [5.41, 5.74) is 0.692. The van der Waals surface area contributed by atoms with E-state index >= 15 is 0 Å². The summed E-state index contributed by atoms with van der Waals surface area (Å²) in [6, 6.07) is -0.766. The van der Waals surface area contributed by atoms with Crippen LogP contribution in [0.25, 0.3) is 0 Å². The maximum Gasteiger partial charge on any atom is 0.304 e. The predicted molar refractivity (Wildman–Crippen MR) is 74.3 cm³/mol. The molecule has 2 saturated heterocycles. The van der Waals surface area contributed by atoms with E-state index in [1.54, 1.807) is 22.1 Å². The standard InChI is InChI=1S/C13H17N3O3S/c1-8-11(17)15-5-3-2-4-10(15)12(18)16(8)6-9-7-20-13(19)14-9/h7-8,10H,2-6H2,1H3,(H,14,19). The Balaban J connectivity index is 1.84. The van der Waals surface area contributed by atoms with Crippen molar-refractivity contribution in [2.75, 3.05) is 6.54 Å². The first-order valence-corrected chi connectivity index (χ1v) is 7.73. The summed E-state index contributed by atoms with van der Waals surface area (Å²) < 4.78 is 0. The Kier molecular flexibility index (Phi) is 3.37. The van der Waals surface area contributed by atoms with Gasteiger partial charge >= 0.3 is 4.87 Å². The molecule has 0 radical (unpaired) electrons. The number of aromatic amines is 1. The number of piperazine rings is 1. The fourth-order valence-corrected chi connectivity index (χ4v) is 3.57. The first-order chi connectivity index (χ1) is 9.58. The Morgan fingerprint density at radius 3 is 2.80 bits per heavy atom. The van der Waals surface area contributed by atoms with E-state index in [0.29, 0.717) is 18.8 Å². The minimum Gasteiger partial charge on any atom is -0.329 e. The van der Waals surface area contributed by atoms with Gasteiger partial charge in [-0.15, -0.1) is 0 Å². The highest BCUT2D eigenvalue weighted by atomic mass is 32.1. The van der Waals surface area contributed by atoms with Crippen LogP contribution in [0.1, 0.15) is 31.9 Å². The number of H-pyrrole nitrogens is 1. The molecule has 2 fully saturated rings. The topological polar surface area (TPSA) is 73.5 Å². The van der Waals surface area contributed by atoms with E-state index < -0.39 is 6.04 Å². The van der Waals surface area contributed by atoms with Gasteiger partial charge in [0.2, 0.25) is 11.8 Å². The lowest BCUT2D eigenvalue weighted by Gasteiger charge is -2.45. The monoisotopic (exact) mass is 295 g/mol. The van der Waals surface area contributed by atoms with Gasteiger partial charge in [0.15, 0.2) is 0 Å². The second-order valence-electron chi connectivity index (χ2n) is 5.36. The molecule has 1 aromatic rings. The summed E-state index contributed by atoms with van der Waals surface area (Å²) in [4.78, 5) is 42.0. The van der Waals surface area contributed by atoms with Crippen molar-refractivity contribution in [3.8, 4) is 0 Å². The van der Waals surface area contributed by atoms with E-state index in [1.165, 1.54) is 0 Å². The van der Waals surface area contributed by atoms with Gasteiger partial charge in [0.05, 0.1) is 6.54 Å². The van der Waals surface area contributed by atoms with Gasteiger partial charge in [0.1, 0.15) is 12.1 Å². The first-order valence-electron chi connectivity index (χ1n) is 6.85. The molecule has 0 bridgehead atoms. The zero-order chi connectivity index (χ0) is 14.3. The third-order valence-electron chi connectivity index (χ3n) is 4.09. The molecule has 20 heavy (non-hydrogen) atoms. The summed E-state index contributed by atoms with van der Waals surface area (Å²) >= 11 is 1.07. The molecule has 2 atom stereocenters. The van der Waals surface area contributed by atoms with Crippen molar-refractivity contribution >= 4 is 23.2 Å². The summed E-state index contributed by atoms with van der Waals surface area (Å²) in [6.45, 7) is 2.74. The van der Waals surface area contributed by atoms with Gasteiger partial charge in [-0.1, -0.05) is 11.3 Å². The van der Waals surface area contributed by atoms with Crippen LogP contribution in [0.2, 0.25) is 0 Å². The van der Waals surface area contributed by atoms with Gasteiger partial charge in [-0.2, -0.15) is 0 Å². The molecule has 2 aliphatic heterocycles. The zero-order valence-corrected chi connectivity index (χ0v) is 12.1. The average Bonchev–Trinajstić information content (AvgIpc) is 2.86. The minimum atomic E-state index is -0.458. The van der Waals surface area contributed by atoms with E-state index in [4.69, 9.17) is 0 Å². The number of aromatic nitrogens is 1. The van der Waals surface area contributed by atoms with E-state index in [9.17, 15) is 14.4 Å². The Morgan fingerprint density at radius 1 is 1.30 bits per heavy atom. The van der Waals surface area contributed by atoms with Crippen molar-refractivity contribution < 1.29 is 9.59 Å². The van der Waals surface area contributed by atoms with E-state index in [1.807, 2.05) is 0 Å². The van der Waals surface area contributed by atoms with Crippen molar-refractivity contribution in [2.24, 2.45) is 0 Å². The smallest absolute Gasteiger partial charge is 0.304 e. The van der Waals surface area contributed by atoms with Crippen LogP contribution in [-0.2, 0) is 16.1 Å². The number of thiazole rings is 1. The third-order valence-corrected chi connectivity index (χ3v) is 4.81. The molecule has 2 aliphatic rings. The van der Waals surface area contributed by atoms with Crippen LogP contribution in [0.4, 0.5) is 0 Å². The lowest BCUT2D eigenvalue weighted by molar-refractivity contribution is -0.163. The lowest BCUT2D eigenvalue weighted by atomic mass is 9.95. The van der Waals surface area contributed by atoms with E-state index in [0.717, 1.165) is 30.6 Å². The molecule has 1 aromatic heterocycles. The fourth-order valence-electron chi connectivity index (χ4n) is 3.00. The van der Waals surface area contributed by atoms with Crippen LogP contribution >= 0.6 is 11.3 Å². The van der Waals surface area contributed by atoms with Crippen molar-refractivity contribution in [3.05, 3.63) is 20.7 Å². The van der Waals surface area contributed by atoms with E-state index in [-0.39, 0.29) is 22.7 Å². The van der Waals surface area contributed by atoms with Gasteiger partial charge < -0.3 is 14.8 Å². The number of nitrogens with zero attached hydrogens (tertiary/aromatic N) is 2. The molecule has 3 heterocycles. The maximum atomic E-state index is 12.6. The van der Waals surface area contributed by atoms with Gasteiger partial charge in [-0.05, 0) is 26.2 Å². The molecule has 7 heteroatoms. The second-order valence-corrected chi connectivity index (χ2v) is 6.20. The Bertz CT molecular complexity index is 594. The van der Waals surface area contributed by atoms with Gasteiger partial charge in [0.25, 0.3) is 0 Å². The number of hydrogen-bond donors (Lipinski definition) is 1. The number of rotatable bonds is 2. The predicted octanol–water partition coefficient (Wildman–Crippen LogP) is 0.548. The molecule has 1 N–H and O–H groups in total. The quantitative estimate of drug-likeness (QED) is 0.866. The highest BCUT2D eigenvalue weighted by Gasteiger charge is 2.44. The SMILES string of the molecule is CC1C(=O)N2CCCCC2C(=O)N1Cc1csc(=O)[nH]1. The summed E-state index contributed by atoms with van der Waals surface area (Å²) in [6.07, 6.45) is 2.70. The molecule has 0 aliphatic carbocycles. The van der Waals surface area contributed by atoms with Crippen molar-refractivity contribution in [1.82, 2.24) is 14.8 Å². The highest BCUT2D eigenvalue weighted by Crippen LogP contribution is 2.27. The number of nitrogens with one attached hydrogen (secondary N) is 1. The van der Waals surface area contributed by atoms with Crippen LogP contribution in [-0.4, -0.2) is 45.2 Å². The minimum absolute atomic E-state index is 0.00356. The van der Waals surface area contributed by atoms with Crippen molar-refractivity contribution in [2.45, 2.75) is 44.8 Å². The molecular formula is C13H17N3O3S. The molecule has 2 unspecified atom stereocenters. The maximum absolute atomic E-state index is 12.6. The molecule has 0 saturated carbocycles. The molecular weight excluding hydrogens is 278 g/mol. The fraction of sp³-hybridized carbons (Fsp3) is 0.615. The molecule has 108 valence electrons. The molecule has 0 aromatic carbocycles. The number of carbonyl (C=O) groups excluding carboxylic acids is 2. The van der Waals surface area contributed by atoms with Gasteiger partial charge in [-0.25, -0.2) is 0 Å². The van der Waals surface area contributed by atoms with Crippen LogP contribution in [0.5, 0.6) is 0 Å². The normalized spacial score (nSPS) is 26.9. The molecule has 6 nitrogen and oxygen atoms in total. The third kappa shape index (κ3) is 2.15. The lowest BCUT2D eigenvalue weighted by Crippen LogP contribution is -2.64. The number of piperidine rings is 1. The zero-order valence-electron chi connectivity index (χ0n) is 11.3. The first kappa shape index (κ1) is 13.4. The van der Waals surface area contributed by atoms with Gasteiger partial charge in [-0.3, -0.25) is 14.4 Å². The second kappa shape index (κ2) is 5.05. The number of fused-ring (bicyclic) bond motifs is 1. The van der Waals surface area contributed by atoms with Crippen LogP contribution in [0.3, 0.4) is 0 Å². The summed E-state index contributed by atoms with van der Waals surface area (Å²) in [7, 11) is 0. The molecule has 2 amide bonds. The number of carbonyl (C=O) groups is 2. The van der Waals surface area contributed by atoms with Crippen molar-refractivity contribution in [1.29, 1.82) is 0 Å². The number of amides is 2. The largest absolute Gasteiger partial charge is 0.329 e. The molecule has 3 rings (SSSR count). The Labute approximate surface area is 120 Å². The Morgan fingerprint density at radius 2 is 2.10 bits per heavy atom. The molecule has 0 spiro atoms. The summed E-state index contributed by atoms with van der Waals surface area (Å²) in [5, 5.41) is 1.71. The van der Waals surface area contributed by atoms with Crippen LogP contribution in [0, 0.1) is 0 Å². The van der Waals surface area contributed by atoms with Crippen LogP contribution < -0.4 is 4.87 Å². The number of hydrogen-bond acceptors (Lipinski definition) is 4. The van der Waals surface area contributed by atoms with Crippen molar-refractivity contribution in [3.63, 3.8) is 0 Å². The highest BCUT2D eigenvalue weighted by molar-refractivity contribution is 7.07. The van der Waals surface area contributed by atoms with E-state index in [2.05, 4.69) is 4.98 Å². The van der Waals surface area contributed by atoms with Crippen LogP contribution in [0.15, 0.2) is 10.2 Å². The van der Waals surface area contributed by atoms with Gasteiger partial charge in [0, 0.05) is 17.6 Å². The average molecular weight is 295 g/mol.